The summed E-state index contributed by atoms with van der Waals surface area (Å²) in [5.41, 5.74) is 3.80. The van der Waals surface area contributed by atoms with Crippen LogP contribution >= 0.6 is 0 Å². The topological polar surface area (TPSA) is 13.1 Å². The molecule has 0 N–H and O–H groups in total. The van der Waals surface area contributed by atoms with E-state index in [1.165, 1.54) is 24.0 Å². The second-order valence-corrected chi connectivity index (χ2v) is 3.70. The van der Waals surface area contributed by atoms with Crippen molar-refractivity contribution in [3.63, 3.8) is 0 Å². The number of rotatable bonds is 2. The zero-order chi connectivity index (χ0) is 9.38. The summed E-state index contributed by atoms with van der Waals surface area (Å²) in [6, 6.07) is 10.7. The molecule has 1 aliphatic rings. The Bertz CT molecular complexity index is 424. The summed E-state index contributed by atoms with van der Waals surface area (Å²) < 4.78 is 5.08. The standard InChI is InChI=1S/C13H11O/c1-2-11(10-4-5-10)8-12(3-1)13-6-7-14-9-13/h1-3,6-9H,4-5H2. The summed E-state index contributed by atoms with van der Waals surface area (Å²) in [7, 11) is 0. The van der Waals surface area contributed by atoms with Crippen LogP contribution in [-0.4, -0.2) is 0 Å². The van der Waals surface area contributed by atoms with E-state index in [2.05, 4.69) is 24.3 Å². The second kappa shape index (κ2) is 3.02. The average Bonchev–Trinajstić information content (AvgIpc) is 2.94. The number of benzene rings is 1. The summed E-state index contributed by atoms with van der Waals surface area (Å²) in [6.07, 6.45) is 6.05. The molecular weight excluding hydrogens is 172 g/mol. The van der Waals surface area contributed by atoms with E-state index in [-0.39, 0.29) is 0 Å². The maximum Gasteiger partial charge on any atom is 0.0980 e. The quantitative estimate of drug-likeness (QED) is 0.692. The highest BCUT2D eigenvalue weighted by molar-refractivity contribution is 5.64. The van der Waals surface area contributed by atoms with Gasteiger partial charge >= 0.3 is 0 Å². The molecule has 0 atom stereocenters. The third kappa shape index (κ3) is 1.35. The molecule has 1 heteroatoms. The molecule has 0 saturated heterocycles. The molecule has 0 unspecified atom stereocenters. The Morgan fingerprint density at radius 2 is 1.79 bits per heavy atom. The first-order valence-corrected chi connectivity index (χ1v) is 4.91. The first-order valence-electron chi connectivity index (χ1n) is 4.91. The highest BCUT2D eigenvalue weighted by atomic mass is 16.3. The van der Waals surface area contributed by atoms with Crippen molar-refractivity contribution in [2.75, 3.05) is 0 Å². The maximum atomic E-state index is 5.08. The van der Waals surface area contributed by atoms with Gasteiger partial charge in [-0.2, -0.15) is 0 Å². The zero-order valence-electron chi connectivity index (χ0n) is 7.86. The van der Waals surface area contributed by atoms with Crippen molar-refractivity contribution in [1.82, 2.24) is 0 Å². The molecule has 69 valence electrons. The fourth-order valence-electron chi connectivity index (χ4n) is 1.70. The summed E-state index contributed by atoms with van der Waals surface area (Å²) in [5.74, 6) is 1.58. The largest absolute Gasteiger partial charge is 0.472 e. The van der Waals surface area contributed by atoms with Crippen LogP contribution in [0.4, 0.5) is 0 Å². The Morgan fingerprint density at radius 1 is 0.929 bits per heavy atom. The van der Waals surface area contributed by atoms with Gasteiger partial charge in [-0.15, -0.1) is 0 Å². The Kier molecular flexibility index (Phi) is 1.69. The first-order chi connectivity index (χ1) is 6.93. The minimum absolute atomic E-state index is 1.16. The molecule has 1 radical (unpaired) electrons. The molecule has 1 heterocycles. The molecule has 3 rings (SSSR count). The first kappa shape index (κ1) is 7.86. The lowest BCUT2D eigenvalue weighted by Crippen LogP contribution is -1.80. The lowest BCUT2D eigenvalue weighted by atomic mass is 10.0. The maximum absolute atomic E-state index is 5.08. The van der Waals surface area contributed by atoms with Crippen molar-refractivity contribution in [1.29, 1.82) is 0 Å². The lowest BCUT2D eigenvalue weighted by Gasteiger charge is -2.00. The van der Waals surface area contributed by atoms with E-state index in [1.54, 1.807) is 18.4 Å². The molecular formula is C13H11O. The van der Waals surface area contributed by atoms with Gasteiger partial charge < -0.3 is 4.42 Å². The SMILES string of the molecule is c1cc([C]2CC2)cc(-c2ccoc2)c1. The van der Waals surface area contributed by atoms with Crippen molar-refractivity contribution in [2.45, 2.75) is 12.8 Å². The van der Waals surface area contributed by atoms with Gasteiger partial charge in [0.1, 0.15) is 0 Å². The van der Waals surface area contributed by atoms with Crippen LogP contribution in [0.2, 0.25) is 0 Å². The minimum Gasteiger partial charge on any atom is -0.472 e. The summed E-state index contributed by atoms with van der Waals surface area (Å²) >= 11 is 0. The number of furan rings is 1. The van der Waals surface area contributed by atoms with Gasteiger partial charge in [-0.1, -0.05) is 24.3 Å². The fraction of sp³-hybridized carbons (Fsp3) is 0.154. The van der Waals surface area contributed by atoms with Crippen molar-refractivity contribution in [3.05, 3.63) is 54.3 Å². The van der Waals surface area contributed by atoms with E-state index >= 15 is 0 Å². The molecule has 1 nitrogen and oxygen atoms in total. The Morgan fingerprint density at radius 3 is 2.50 bits per heavy atom. The van der Waals surface area contributed by atoms with Gasteiger partial charge in [-0.3, -0.25) is 0 Å². The monoisotopic (exact) mass is 183 g/mol. The van der Waals surface area contributed by atoms with Crippen LogP contribution in [0.5, 0.6) is 0 Å². The van der Waals surface area contributed by atoms with Crippen molar-refractivity contribution in [2.24, 2.45) is 0 Å². The van der Waals surface area contributed by atoms with E-state index in [4.69, 9.17) is 4.42 Å². The van der Waals surface area contributed by atoms with Crippen LogP contribution < -0.4 is 0 Å². The van der Waals surface area contributed by atoms with Crippen LogP contribution in [0.1, 0.15) is 18.4 Å². The normalized spacial score (nSPS) is 15.7. The van der Waals surface area contributed by atoms with Crippen LogP contribution in [0.15, 0.2) is 47.3 Å². The summed E-state index contributed by atoms with van der Waals surface area (Å²) in [4.78, 5) is 0. The summed E-state index contributed by atoms with van der Waals surface area (Å²) in [6.45, 7) is 0. The molecule has 0 amide bonds. The molecule has 14 heavy (non-hydrogen) atoms. The van der Waals surface area contributed by atoms with E-state index in [0.29, 0.717) is 0 Å². The van der Waals surface area contributed by atoms with E-state index in [0.717, 1.165) is 5.56 Å². The number of hydrogen-bond acceptors (Lipinski definition) is 1. The van der Waals surface area contributed by atoms with Gasteiger partial charge in [0, 0.05) is 11.5 Å². The Hall–Kier alpha value is -1.50. The van der Waals surface area contributed by atoms with Crippen molar-refractivity contribution in [3.8, 4) is 11.1 Å². The fourth-order valence-corrected chi connectivity index (χ4v) is 1.70. The highest BCUT2D eigenvalue weighted by Gasteiger charge is 2.24. The van der Waals surface area contributed by atoms with Gasteiger partial charge in [0.05, 0.1) is 12.5 Å². The number of hydrogen-bond donors (Lipinski definition) is 0. The molecule has 1 aromatic heterocycles. The molecule has 2 aromatic rings. The molecule has 1 saturated carbocycles. The summed E-state index contributed by atoms with van der Waals surface area (Å²) in [5, 5.41) is 0. The third-order valence-electron chi connectivity index (χ3n) is 2.63. The lowest BCUT2D eigenvalue weighted by molar-refractivity contribution is 0.568. The predicted octanol–water partition coefficient (Wildman–Crippen LogP) is 3.66. The van der Waals surface area contributed by atoms with E-state index in [1.807, 2.05) is 6.07 Å². The second-order valence-electron chi connectivity index (χ2n) is 3.70. The van der Waals surface area contributed by atoms with Gasteiger partial charge in [0.2, 0.25) is 0 Å². The molecule has 1 fully saturated rings. The van der Waals surface area contributed by atoms with E-state index < -0.39 is 0 Å². The zero-order valence-corrected chi connectivity index (χ0v) is 7.86. The molecule has 0 aliphatic heterocycles. The third-order valence-corrected chi connectivity index (χ3v) is 2.63. The highest BCUT2D eigenvalue weighted by Crippen LogP contribution is 2.39. The minimum atomic E-state index is 1.16. The van der Waals surface area contributed by atoms with Crippen molar-refractivity contribution < 1.29 is 4.42 Å². The smallest absolute Gasteiger partial charge is 0.0980 e. The predicted molar refractivity (Wildman–Crippen MR) is 55.7 cm³/mol. The van der Waals surface area contributed by atoms with Crippen LogP contribution in [-0.2, 0) is 0 Å². The van der Waals surface area contributed by atoms with Gasteiger partial charge in [0.15, 0.2) is 0 Å². The Balaban J connectivity index is 2.02. The molecule has 0 spiro atoms. The van der Waals surface area contributed by atoms with Crippen LogP contribution in [0.3, 0.4) is 0 Å². The molecule has 1 aromatic carbocycles. The van der Waals surface area contributed by atoms with E-state index in [9.17, 15) is 0 Å². The van der Waals surface area contributed by atoms with Gasteiger partial charge in [-0.05, 0) is 30.0 Å². The van der Waals surface area contributed by atoms with Crippen LogP contribution in [0.25, 0.3) is 11.1 Å². The van der Waals surface area contributed by atoms with Crippen molar-refractivity contribution >= 4 is 0 Å². The molecule has 1 aliphatic carbocycles. The Labute approximate surface area is 83.4 Å². The van der Waals surface area contributed by atoms with Gasteiger partial charge in [-0.25, -0.2) is 0 Å². The van der Waals surface area contributed by atoms with Gasteiger partial charge in [0.25, 0.3) is 0 Å². The van der Waals surface area contributed by atoms with Crippen LogP contribution in [0, 0.1) is 5.92 Å². The average molecular weight is 183 g/mol. The molecule has 0 bridgehead atoms.